The zero-order valence-electron chi connectivity index (χ0n) is 11.2. The van der Waals surface area contributed by atoms with E-state index in [0.29, 0.717) is 6.54 Å². The van der Waals surface area contributed by atoms with Crippen LogP contribution < -0.4 is 5.32 Å². The van der Waals surface area contributed by atoms with Gasteiger partial charge in [0.25, 0.3) is 0 Å². The van der Waals surface area contributed by atoms with Gasteiger partial charge in [0.15, 0.2) is 0 Å². The Labute approximate surface area is 122 Å². The summed E-state index contributed by atoms with van der Waals surface area (Å²) in [4.78, 5) is 12.0. The molecule has 104 valence electrons. The Kier molecular flexibility index (Phi) is 4.63. The fourth-order valence-corrected chi connectivity index (χ4v) is 2.52. The van der Waals surface area contributed by atoms with Crippen molar-refractivity contribution in [2.24, 2.45) is 5.92 Å². The van der Waals surface area contributed by atoms with E-state index >= 15 is 0 Å². The first-order chi connectivity index (χ1) is 8.98. The van der Waals surface area contributed by atoms with Crippen molar-refractivity contribution in [2.75, 3.05) is 6.54 Å². The van der Waals surface area contributed by atoms with Crippen LogP contribution in [0.4, 0.5) is 0 Å². The van der Waals surface area contributed by atoms with Gasteiger partial charge in [0.1, 0.15) is 0 Å². The number of halogens is 1. The van der Waals surface area contributed by atoms with Gasteiger partial charge in [-0.1, -0.05) is 35.0 Å². The molecule has 19 heavy (non-hydrogen) atoms. The lowest BCUT2D eigenvalue weighted by atomic mass is 9.80. The predicted molar refractivity (Wildman–Crippen MR) is 78.8 cm³/mol. The highest BCUT2D eigenvalue weighted by Gasteiger charge is 2.34. The monoisotopic (exact) mass is 325 g/mol. The fraction of sp³-hybridized carbons (Fsp3) is 0.533. The average Bonchev–Trinajstić information content (AvgIpc) is 2.36. The molecule has 1 fully saturated rings. The average molecular weight is 326 g/mol. The number of carbonyl (C=O) groups is 1. The Bertz CT molecular complexity index is 440. The van der Waals surface area contributed by atoms with Gasteiger partial charge in [0.05, 0.1) is 5.60 Å². The highest BCUT2D eigenvalue weighted by molar-refractivity contribution is 9.10. The van der Waals surface area contributed by atoms with Crippen LogP contribution in [0.25, 0.3) is 0 Å². The number of amides is 1. The lowest BCUT2D eigenvalue weighted by Crippen LogP contribution is -2.48. The number of aliphatic hydroxyl groups is 1. The minimum atomic E-state index is -0.646. The highest BCUT2D eigenvalue weighted by Crippen LogP contribution is 2.30. The van der Waals surface area contributed by atoms with Crippen LogP contribution in [0.5, 0.6) is 0 Å². The van der Waals surface area contributed by atoms with Crippen LogP contribution in [0.15, 0.2) is 28.7 Å². The lowest BCUT2D eigenvalue weighted by molar-refractivity contribution is -0.126. The minimum Gasteiger partial charge on any atom is -0.388 e. The third-order valence-electron chi connectivity index (χ3n) is 3.78. The fourth-order valence-electron chi connectivity index (χ4n) is 2.25. The quantitative estimate of drug-likeness (QED) is 0.874. The summed E-state index contributed by atoms with van der Waals surface area (Å²) in [6.45, 7) is 2.30. The van der Waals surface area contributed by atoms with Crippen LogP contribution >= 0.6 is 15.9 Å². The van der Waals surface area contributed by atoms with Gasteiger partial charge in [0.2, 0.25) is 5.91 Å². The Morgan fingerprint density at radius 1 is 1.42 bits per heavy atom. The number of hydrogen-bond donors (Lipinski definition) is 2. The van der Waals surface area contributed by atoms with Gasteiger partial charge in [-0.2, -0.15) is 0 Å². The van der Waals surface area contributed by atoms with E-state index in [1.807, 2.05) is 31.2 Å². The molecular weight excluding hydrogens is 306 g/mol. The molecule has 0 spiro atoms. The number of nitrogens with one attached hydrogen (secondary N) is 1. The SMILES string of the molecule is CC(Cc1ccc(Br)cc1)C(=O)NCC1(O)CCC1. The summed E-state index contributed by atoms with van der Waals surface area (Å²) in [5.41, 5.74) is 0.501. The van der Waals surface area contributed by atoms with Crippen LogP contribution in [-0.2, 0) is 11.2 Å². The second-order valence-electron chi connectivity index (χ2n) is 5.53. The molecule has 0 saturated heterocycles. The van der Waals surface area contributed by atoms with Crippen molar-refractivity contribution in [1.82, 2.24) is 5.32 Å². The zero-order chi connectivity index (χ0) is 13.9. The Balaban J connectivity index is 1.80. The Hall–Kier alpha value is -0.870. The van der Waals surface area contributed by atoms with Crippen molar-refractivity contribution in [2.45, 2.75) is 38.2 Å². The first-order valence-electron chi connectivity index (χ1n) is 6.73. The molecule has 4 heteroatoms. The van der Waals surface area contributed by atoms with Crippen LogP contribution in [0.3, 0.4) is 0 Å². The van der Waals surface area contributed by atoms with Crippen LogP contribution in [0, 0.1) is 5.92 Å². The molecule has 1 aromatic carbocycles. The van der Waals surface area contributed by atoms with Crippen LogP contribution in [0.2, 0.25) is 0 Å². The third kappa shape index (κ3) is 4.05. The number of benzene rings is 1. The van der Waals surface area contributed by atoms with Gasteiger partial charge in [-0.25, -0.2) is 0 Å². The molecule has 3 nitrogen and oxygen atoms in total. The molecule has 1 atom stereocenters. The first kappa shape index (κ1) is 14.5. The largest absolute Gasteiger partial charge is 0.388 e. The van der Waals surface area contributed by atoms with Crippen molar-refractivity contribution in [3.05, 3.63) is 34.3 Å². The summed E-state index contributed by atoms with van der Waals surface area (Å²) in [5.74, 6) is -0.0619. The molecule has 0 bridgehead atoms. The predicted octanol–water partition coefficient (Wildman–Crippen LogP) is 2.66. The molecular formula is C15H20BrNO2. The molecule has 0 radical (unpaired) electrons. The second kappa shape index (κ2) is 6.06. The number of rotatable bonds is 5. The maximum Gasteiger partial charge on any atom is 0.223 e. The second-order valence-corrected chi connectivity index (χ2v) is 6.44. The van der Waals surface area contributed by atoms with Crippen molar-refractivity contribution >= 4 is 21.8 Å². The molecule has 1 aliphatic carbocycles. The molecule has 0 heterocycles. The van der Waals surface area contributed by atoms with Crippen molar-refractivity contribution in [1.29, 1.82) is 0 Å². The van der Waals surface area contributed by atoms with Gasteiger partial charge in [0, 0.05) is 16.9 Å². The molecule has 1 amide bonds. The van der Waals surface area contributed by atoms with E-state index in [1.165, 1.54) is 0 Å². The van der Waals surface area contributed by atoms with E-state index in [0.717, 1.165) is 35.7 Å². The molecule has 2 rings (SSSR count). The Morgan fingerprint density at radius 2 is 2.05 bits per heavy atom. The van der Waals surface area contributed by atoms with Crippen molar-refractivity contribution in [3.63, 3.8) is 0 Å². The van der Waals surface area contributed by atoms with Crippen molar-refractivity contribution in [3.8, 4) is 0 Å². The number of hydrogen-bond acceptors (Lipinski definition) is 2. The van der Waals surface area contributed by atoms with E-state index in [2.05, 4.69) is 21.2 Å². The zero-order valence-corrected chi connectivity index (χ0v) is 12.7. The molecule has 1 aliphatic rings. The molecule has 1 aromatic rings. The van der Waals surface area contributed by atoms with Gasteiger partial charge >= 0.3 is 0 Å². The maximum absolute atomic E-state index is 12.0. The van der Waals surface area contributed by atoms with E-state index in [1.54, 1.807) is 0 Å². The van der Waals surface area contributed by atoms with E-state index in [-0.39, 0.29) is 11.8 Å². The topological polar surface area (TPSA) is 49.3 Å². The maximum atomic E-state index is 12.0. The molecule has 0 aliphatic heterocycles. The molecule has 0 aromatic heterocycles. The summed E-state index contributed by atoms with van der Waals surface area (Å²) in [6.07, 6.45) is 3.38. The summed E-state index contributed by atoms with van der Waals surface area (Å²) < 4.78 is 1.04. The van der Waals surface area contributed by atoms with Crippen LogP contribution in [0.1, 0.15) is 31.7 Å². The lowest BCUT2D eigenvalue weighted by Gasteiger charge is -2.36. The normalized spacial score (nSPS) is 18.5. The summed E-state index contributed by atoms with van der Waals surface area (Å²) in [7, 11) is 0. The molecule has 1 saturated carbocycles. The number of carbonyl (C=O) groups excluding carboxylic acids is 1. The van der Waals surface area contributed by atoms with Gasteiger partial charge in [-0.3, -0.25) is 4.79 Å². The molecule has 1 unspecified atom stereocenters. The summed E-state index contributed by atoms with van der Waals surface area (Å²) >= 11 is 3.39. The van der Waals surface area contributed by atoms with Gasteiger partial charge in [-0.05, 0) is 43.4 Å². The van der Waals surface area contributed by atoms with Crippen LogP contribution in [-0.4, -0.2) is 23.2 Å². The Morgan fingerprint density at radius 3 is 2.58 bits per heavy atom. The van der Waals surface area contributed by atoms with E-state index < -0.39 is 5.60 Å². The van der Waals surface area contributed by atoms with Crippen molar-refractivity contribution < 1.29 is 9.90 Å². The smallest absolute Gasteiger partial charge is 0.223 e. The highest BCUT2D eigenvalue weighted by atomic mass is 79.9. The van der Waals surface area contributed by atoms with Gasteiger partial charge in [-0.15, -0.1) is 0 Å². The standard InChI is InChI=1S/C15H20BrNO2/c1-11(9-12-3-5-13(16)6-4-12)14(18)17-10-15(19)7-2-8-15/h3-6,11,19H,2,7-10H2,1H3,(H,17,18). The van der Waals surface area contributed by atoms with E-state index in [9.17, 15) is 9.90 Å². The summed E-state index contributed by atoms with van der Waals surface area (Å²) in [5, 5.41) is 12.8. The summed E-state index contributed by atoms with van der Waals surface area (Å²) in [6, 6.07) is 8.01. The van der Waals surface area contributed by atoms with Gasteiger partial charge < -0.3 is 10.4 Å². The minimum absolute atomic E-state index is 0.0169. The first-order valence-corrected chi connectivity index (χ1v) is 7.52. The molecule has 2 N–H and O–H groups in total. The van der Waals surface area contributed by atoms with E-state index in [4.69, 9.17) is 0 Å². The third-order valence-corrected chi connectivity index (χ3v) is 4.31.